The van der Waals surface area contributed by atoms with Crippen molar-refractivity contribution >= 4 is 39.4 Å². The van der Waals surface area contributed by atoms with Crippen LogP contribution in [-0.2, 0) is 14.8 Å². The van der Waals surface area contributed by atoms with Crippen molar-refractivity contribution in [2.24, 2.45) is 5.92 Å². The SMILES string of the molecule is Cc1noc(C=Cc2cccs2)c1S(=O)(=O)N1CCCC(C(=O)N2CCCCC2)C1. The fraction of sp³-hybridized carbons (Fsp3) is 0.524. The zero-order chi connectivity index (χ0) is 21.1. The first-order valence-electron chi connectivity index (χ1n) is 10.4. The van der Waals surface area contributed by atoms with Crippen LogP contribution in [0.4, 0.5) is 0 Å². The smallest absolute Gasteiger partial charge is 0.248 e. The van der Waals surface area contributed by atoms with Gasteiger partial charge in [-0.2, -0.15) is 4.31 Å². The van der Waals surface area contributed by atoms with Crippen LogP contribution in [-0.4, -0.2) is 54.9 Å². The Labute approximate surface area is 181 Å². The number of hydrogen-bond donors (Lipinski definition) is 0. The summed E-state index contributed by atoms with van der Waals surface area (Å²) in [4.78, 5) is 15.9. The van der Waals surface area contributed by atoms with Gasteiger partial charge in [-0.15, -0.1) is 11.3 Å². The molecule has 9 heteroatoms. The van der Waals surface area contributed by atoms with E-state index in [4.69, 9.17) is 4.52 Å². The second-order valence-corrected chi connectivity index (χ2v) is 10.8. The van der Waals surface area contributed by atoms with Crippen LogP contribution in [0.2, 0.25) is 0 Å². The first kappa shape index (κ1) is 21.3. The van der Waals surface area contributed by atoms with Gasteiger partial charge in [0.15, 0.2) is 10.7 Å². The van der Waals surface area contributed by atoms with E-state index in [1.54, 1.807) is 24.3 Å². The third kappa shape index (κ3) is 4.38. The standard InChI is InChI=1S/C21H27N3O4S2/c1-16-20(19(28-22-16)10-9-18-8-6-14-29-18)30(26,27)24-13-5-7-17(15-24)21(25)23-11-3-2-4-12-23/h6,8-10,14,17H,2-5,7,11-13,15H2,1H3. The average Bonchev–Trinajstić information content (AvgIpc) is 3.42. The number of sulfonamides is 1. The number of likely N-dealkylation sites (tertiary alicyclic amines) is 1. The van der Waals surface area contributed by atoms with Gasteiger partial charge in [-0.05, 0) is 62.6 Å². The lowest BCUT2D eigenvalue weighted by molar-refractivity contribution is -0.137. The zero-order valence-corrected chi connectivity index (χ0v) is 18.8. The maximum absolute atomic E-state index is 13.5. The number of piperidine rings is 2. The number of rotatable bonds is 5. The summed E-state index contributed by atoms with van der Waals surface area (Å²) in [6, 6.07) is 3.88. The van der Waals surface area contributed by atoms with Crippen LogP contribution in [0.1, 0.15) is 48.4 Å². The van der Waals surface area contributed by atoms with Gasteiger partial charge < -0.3 is 9.42 Å². The van der Waals surface area contributed by atoms with E-state index in [1.807, 2.05) is 28.5 Å². The molecule has 2 saturated heterocycles. The Hall–Kier alpha value is -1.97. The Morgan fingerprint density at radius 1 is 1.20 bits per heavy atom. The van der Waals surface area contributed by atoms with E-state index in [2.05, 4.69) is 5.16 Å². The second kappa shape index (κ2) is 9.03. The molecule has 2 aliphatic heterocycles. The average molecular weight is 450 g/mol. The number of aryl methyl sites for hydroxylation is 1. The lowest BCUT2D eigenvalue weighted by Gasteiger charge is -2.35. The molecule has 0 aliphatic carbocycles. The van der Waals surface area contributed by atoms with Crippen molar-refractivity contribution in [2.45, 2.75) is 43.9 Å². The first-order chi connectivity index (χ1) is 14.5. The predicted octanol–water partition coefficient (Wildman–Crippen LogP) is 3.63. The van der Waals surface area contributed by atoms with Crippen LogP contribution < -0.4 is 0 Å². The van der Waals surface area contributed by atoms with E-state index < -0.39 is 10.0 Å². The molecular formula is C21H27N3O4S2. The molecule has 0 saturated carbocycles. The van der Waals surface area contributed by atoms with Gasteiger partial charge in [0.25, 0.3) is 0 Å². The topological polar surface area (TPSA) is 83.7 Å². The Kier molecular flexibility index (Phi) is 6.40. The maximum Gasteiger partial charge on any atom is 0.248 e. The molecule has 1 amide bonds. The number of carbonyl (C=O) groups is 1. The van der Waals surface area contributed by atoms with Crippen LogP contribution in [0.5, 0.6) is 0 Å². The molecule has 1 atom stereocenters. The molecule has 30 heavy (non-hydrogen) atoms. The fourth-order valence-corrected chi connectivity index (χ4v) is 6.60. The van der Waals surface area contributed by atoms with Crippen LogP contribution in [0.25, 0.3) is 12.2 Å². The molecule has 0 spiro atoms. The molecule has 1 unspecified atom stereocenters. The zero-order valence-electron chi connectivity index (χ0n) is 17.1. The summed E-state index contributed by atoms with van der Waals surface area (Å²) >= 11 is 1.56. The molecule has 0 bridgehead atoms. The highest BCUT2D eigenvalue weighted by Crippen LogP contribution is 2.30. The normalized spacial score (nSPS) is 21.4. The van der Waals surface area contributed by atoms with E-state index in [9.17, 15) is 13.2 Å². The van der Waals surface area contributed by atoms with Crippen molar-refractivity contribution in [3.8, 4) is 0 Å². The van der Waals surface area contributed by atoms with E-state index in [-0.39, 0.29) is 29.0 Å². The van der Waals surface area contributed by atoms with Crippen LogP contribution in [0.3, 0.4) is 0 Å². The molecule has 4 rings (SSSR count). The van der Waals surface area contributed by atoms with Crippen molar-refractivity contribution in [3.05, 3.63) is 33.8 Å². The van der Waals surface area contributed by atoms with Gasteiger partial charge in [0, 0.05) is 31.1 Å². The minimum absolute atomic E-state index is 0.0921. The minimum atomic E-state index is -3.81. The molecule has 7 nitrogen and oxygen atoms in total. The predicted molar refractivity (Wildman–Crippen MR) is 116 cm³/mol. The minimum Gasteiger partial charge on any atom is -0.355 e. The monoisotopic (exact) mass is 449 g/mol. The summed E-state index contributed by atoms with van der Waals surface area (Å²) in [5.74, 6) is 0.0386. The molecule has 2 fully saturated rings. The summed E-state index contributed by atoms with van der Waals surface area (Å²) in [5.41, 5.74) is 0.338. The van der Waals surface area contributed by atoms with Gasteiger partial charge >= 0.3 is 0 Å². The molecular weight excluding hydrogens is 422 g/mol. The Bertz CT molecular complexity index is 1010. The van der Waals surface area contributed by atoms with Gasteiger partial charge in [0.1, 0.15) is 5.69 Å². The van der Waals surface area contributed by atoms with E-state index in [0.717, 1.165) is 43.6 Å². The van der Waals surface area contributed by atoms with E-state index in [0.29, 0.717) is 18.7 Å². The van der Waals surface area contributed by atoms with Crippen molar-refractivity contribution in [1.29, 1.82) is 0 Å². The summed E-state index contributed by atoms with van der Waals surface area (Å²) in [5, 5.41) is 5.86. The lowest BCUT2D eigenvalue weighted by atomic mass is 9.97. The Balaban J connectivity index is 1.54. The summed E-state index contributed by atoms with van der Waals surface area (Å²) in [7, 11) is -3.81. The number of amides is 1. The van der Waals surface area contributed by atoms with Crippen molar-refractivity contribution in [3.63, 3.8) is 0 Å². The van der Waals surface area contributed by atoms with Crippen LogP contribution >= 0.6 is 11.3 Å². The van der Waals surface area contributed by atoms with Crippen molar-refractivity contribution < 1.29 is 17.7 Å². The van der Waals surface area contributed by atoms with E-state index in [1.165, 1.54) is 4.31 Å². The van der Waals surface area contributed by atoms with E-state index >= 15 is 0 Å². The maximum atomic E-state index is 13.5. The Morgan fingerprint density at radius 3 is 2.73 bits per heavy atom. The summed E-state index contributed by atoms with van der Waals surface area (Å²) in [6.07, 6.45) is 8.09. The van der Waals surface area contributed by atoms with Gasteiger partial charge in [-0.1, -0.05) is 11.2 Å². The lowest BCUT2D eigenvalue weighted by Crippen LogP contribution is -2.48. The number of nitrogens with zero attached hydrogens (tertiary/aromatic N) is 3. The quantitative estimate of drug-likeness (QED) is 0.696. The molecule has 162 valence electrons. The molecule has 2 aromatic rings. The highest BCUT2D eigenvalue weighted by Gasteiger charge is 2.38. The molecule has 0 radical (unpaired) electrons. The number of aromatic nitrogens is 1. The first-order valence-corrected chi connectivity index (χ1v) is 12.8. The van der Waals surface area contributed by atoms with Gasteiger partial charge in [0.2, 0.25) is 15.9 Å². The van der Waals surface area contributed by atoms with Crippen LogP contribution in [0, 0.1) is 12.8 Å². The van der Waals surface area contributed by atoms with Gasteiger partial charge in [0.05, 0.1) is 5.92 Å². The summed E-state index contributed by atoms with van der Waals surface area (Å²) in [6.45, 7) is 3.83. The number of thiophene rings is 1. The highest BCUT2D eigenvalue weighted by molar-refractivity contribution is 7.89. The number of hydrogen-bond acceptors (Lipinski definition) is 6. The third-order valence-corrected chi connectivity index (χ3v) is 8.64. The molecule has 0 N–H and O–H groups in total. The molecule has 2 aromatic heterocycles. The second-order valence-electron chi connectivity index (χ2n) is 7.90. The largest absolute Gasteiger partial charge is 0.355 e. The fourth-order valence-electron chi connectivity index (χ4n) is 4.21. The molecule has 0 aromatic carbocycles. The molecule has 2 aliphatic rings. The van der Waals surface area contributed by atoms with Gasteiger partial charge in [-0.25, -0.2) is 8.42 Å². The molecule has 4 heterocycles. The van der Waals surface area contributed by atoms with Crippen molar-refractivity contribution in [2.75, 3.05) is 26.2 Å². The highest BCUT2D eigenvalue weighted by atomic mass is 32.2. The number of carbonyl (C=O) groups excluding carboxylic acids is 1. The van der Waals surface area contributed by atoms with Crippen LogP contribution in [0.15, 0.2) is 26.9 Å². The van der Waals surface area contributed by atoms with Crippen molar-refractivity contribution in [1.82, 2.24) is 14.4 Å². The summed E-state index contributed by atoms with van der Waals surface area (Å²) < 4.78 is 33.7. The third-order valence-electron chi connectivity index (χ3n) is 5.77. The Morgan fingerprint density at radius 2 is 2.00 bits per heavy atom. The van der Waals surface area contributed by atoms with Gasteiger partial charge in [-0.3, -0.25) is 4.79 Å².